The molecule has 0 bridgehead atoms. The molecule has 0 atom stereocenters. The second kappa shape index (κ2) is 7.61. The van der Waals surface area contributed by atoms with E-state index in [4.69, 9.17) is 0 Å². The van der Waals surface area contributed by atoms with Crippen molar-refractivity contribution in [2.45, 2.75) is 38.6 Å². The number of hydrogen-bond donors (Lipinski definition) is 2. The molecule has 27 heavy (non-hydrogen) atoms. The lowest BCUT2D eigenvalue weighted by atomic mass is 10.0. The lowest BCUT2D eigenvalue weighted by molar-refractivity contribution is -0.146. The molecule has 0 aliphatic rings. The standard InChI is InChI=1S/C21H23N3O3/c1-21(2,20(26)27)24-14-18(13-22-24)23-19(25)9-5-6-15-10-11-16-7-3-4-8-17(16)12-15/h3-4,7-8,10-14H,5-6,9H2,1-2H3,(H,23,25)(H,26,27). The van der Waals surface area contributed by atoms with Gasteiger partial charge in [-0.15, -0.1) is 0 Å². The Morgan fingerprint density at radius 3 is 2.63 bits per heavy atom. The summed E-state index contributed by atoms with van der Waals surface area (Å²) in [4.78, 5) is 23.4. The predicted molar refractivity (Wildman–Crippen MR) is 105 cm³/mol. The average molecular weight is 365 g/mol. The van der Waals surface area contributed by atoms with Crippen LogP contribution in [0, 0.1) is 0 Å². The van der Waals surface area contributed by atoms with Crippen LogP contribution in [0.2, 0.25) is 0 Å². The highest BCUT2D eigenvalue weighted by atomic mass is 16.4. The molecule has 0 fully saturated rings. The van der Waals surface area contributed by atoms with Crippen LogP contribution in [0.15, 0.2) is 54.9 Å². The largest absolute Gasteiger partial charge is 0.479 e. The normalized spacial score (nSPS) is 11.5. The van der Waals surface area contributed by atoms with Crippen molar-refractivity contribution in [2.75, 3.05) is 5.32 Å². The van der Waals surface area contributed by atoms with Crippen LogP contribution >= 0.6 is 0 Å². The third-order valence-electron chi connectivity index (χ3n) is 4.65. The van der Waals surface area contributed by atoms with Crippen LogP contribution in [0.3, 0.4) is 0 Å². The van der Waals surface area contributed by atoms with Gasteiger partial charge in [0.1, 0.15) is 0 Å². The van der Waals surface area contributed by atoms with E-state index in [0.29, 0.717) is 12.1 Å². The molecule has 1 amide bonds. The quantitative estimate of drug-likeness (QED) is 0.667. The molecule has 6 nitrogen and oxygen atoms in total. The van der Waals surface area contributed by atoms with Crippen molar-refractivity contribution >= 4 is 28.3 Å². The number of anilines is 1. The zero-order chi connectivity index (χ0) is 19.4. The Morgan fingerprint density at radius 2 is 1.89 bits per heavy atom. The first kappa shape index (κ1) is 18.6. The fourth-order valence-corrected chi connectivity index (χ4v) is 2.86. The van der Waals surface area contributed by atoms with Gasteiger partial charge in [-0.05, 0) is 43.0 Å². The highest BCUT2D eigenvalue weighted by molar-refractivity contribution is 5.90. The molecule has 0 unspecified atom stereocenters. The number of hydrogen-bond acceptors (Lipinski definition) is 3. The van der Waals surface area contributed by atoms with E-state index in [9.17, 15) is 14.7 Å². The third kappa shape index (κ3) is 4.34. The number of carboxylic acids is 1. The second-order valence-corrected chi connectivity index (χ2v) is 7.12. The van der Waals surface area contributed by atoms with E-state index < -0.39 is 11.5 Å². The van der Waals surface area contributed by atoms with Gasteiger partial charge in [-0.3, -0.25) is 9.48 Å². The number of rotatable bonds is 7. The third-order valence-corrected chi connectivity index (χ3v) is 4.65. The maximum atomic E-state index is 12.1. The van der Waals surface area contributed by atoms with Gasteiger partial charge in [-0.2, -0.15) is 5.10 Å². The Hall–Kier alpha value is -3.15. The molecule has 0 saturated heterocycles. The number of aromatic nitrogens is 2. The minimum Gasteiger partial charge on any atom is -0.479 e. The van der Waals surface area contributed by atoms with E-state index in [2.05, 4.69) is 40.7 Å². The van der Waals surface area contributed by atoms with Gasteiger partial charge in [-0.1, -0.05) is 42.5 Å². The molecule has 0 radical (unpaired) electrons. The Labute approximate surface area is 157 Å². The number of aryl methyl sites for hydroxylation is 1. The molecule has 1 aromatic heterocycles. The summed E-state index contributed by atoms with van der Waals surface area (Å²) in [6.07, 6.45) is 4.95. The number of carbonyl (C=O) groups is 2. The van der Waals surface area contributed by atoms with Crippen molar-refractivity contribution < 1.29 is 14.7 Å². The second-order valence-electron chi connectivity index (χ2n) is 7.12. The smallest absolute Gasteiger partial charge is 0.331 e. The topological polar surface area (TPSA) is 84.2 Å². The van der Waals surface area contributed by atoms with Crippen LogP contribution in [0.4, 0.5) is 5.69 Å². The van der Waals surface area contributed by atoms with E-state index in [1.165, 1.54) is 33.4 Å². The fraction of sp³-hybridized carbons (Fsp3) is 0.286. The summed E-state index contributed by atoms with van der Waals surface area (Å²) >= 11 is 0. The highest BCUT2D eigenvalue weighted by Crippen LogP contribution is 2.19. The van der Waals surface area contributed by atoms with E-state index in [1.807, 2.05) is 12.1 Å². The summed E-state index contributed by atoms with van der Waals surface area (Å²) in [5.41, 5.74) is 0.538. The first-order chi connectivity index (χ1) is 12.9. The molecule has 0 saturated carbocycles. The number of benzene rings is 2. The first-order valence-corrected chi connectivity index (χ1v) is 8.92. The van der Waals surface area contributed by atoms with Crippen LogP contribution < -0.4 is 5.32 Å². The molecule has 0 spiro atoms. The van der Waals surface area contributed by atoms with E-state index >= 15 is 0 Å². The van der Waals surface area contributed by atoms with E-state index in [1.54, 1.807) is 13.8 Å². The molecule has 2 aromatic carbocycles. The summed E-state index contributed by atoms with van der Waals surface area (Å²) in [5.74, 6) is -1.10. The molecule has 140 valence electrons. The maximum Gasteiger partial charge on any atom is 0.331 e. The van der Waals surface area contributed by atoms with Gasteiger partial charge in [0.25, 0.3) is 0 Å². The van der Waals surface area contributed by atoms with Crippen LogP contribution in [0.25, 0.3) is 10.8 Å². The molecular weight excluding hydrogens is 342 g/mol. The van der Waals surface area contributed by atoms with Gasteiger partial charge in [0.15, 0.2) is 5.54 Å². The molecule has 3 aromatic rings. The number of nitrogens with zero attached hydrogens (tertiary/aromatic N) is 2. The minimum atomic E-state index is -1.17. The van der Waals surface area contributed by atoms with Crippen LogP contribution in [0.5, 0.6) is 0 Å². The van der Waals surface area contributed by atoms with Gasteiger partial charge in [0.2, 0.25) is 5.91 Å². The molecule has 0 aliphatic carbocycles. The summed E-state index contributed by atoms with van der Waals surface area (Å²) in [5, 5.41) is 18.5. The Bertz CT molecular complexity index is 975. The zero-order valence-corrected chi connectivity index (χ0v) is 15.5. The van der Waals surface area contributed by atoms with Gasteiger partial charge in [0.05, 0.1) is 11.9 Å². The van der Waals surface area contributed by atoms with Crippen molar-refractivity contribution in [3.05, 3.63) is 60.4 Å². The van der Waals surface area contributed by atoms with Crippen molar-refractivity contribution in [1.82, 2.24) is 9.78 Å². The molecular formula is C21H23N3O3. The van der Waals surface area contributed by atoms with E-state index in [-0.39, 0.29) is 5.91 Å². The molecule has 3 rings (SSSR count). The Balaban J connectivity index is 1.52. The Kier molecular flexibility index (Phi) is 5.26. The fourth-order valence-electron chi connectivity index (χ4n) is 2.86. The molecule has 1 heterocycles. The zero-order valence-electron chi connectivity index (χ0n) is 15.5. The maximum absolute atomic E-state index is 12.1. The number of fused-ring (bicyclic) bond motifs is 1. The SMILES string of the molecule is CC(C)(C(=O)O)n1cc(NC(=O)CCCc2ccc3ccccc3c2)cn1. The van der Waals surface area contributed by atoms with Crippen molar-refractivity contribution in [1.29, 1.82) is 0 Å². The van der Waals surface area contributed by atoms with Gasteiger partial charge in [0, 0.05) is 12.6 Å². The van der Waals surface area contributed by atoms with Gasteiger partial charge in [-0.25, -0.2) is 4.79 Å². The van der Waals surface area contributed by atoms with Crippen molar-refractivity contribution in [3.63, 3.8) is 0 Å². The lowest BCUT2D eigenvalue weighted by Crippen LogP contribution is -2.35. The van der Waals surface area contributed by atoms with Gasteiger partial charge < -0.3 is 10.4 Å². The molecule has 6 heteroatoms. The summed E-state index contributed by atoms with van der Waals surface area (Å²) < 4.78 is 1.33. The number of nitrogens with one attached hydrogen (secondary N) is 1. The first-order valence-electron chi connectivity index (χ1n) is 8.92. The Morgan fingerprint density at radius 1 is 1.15 bits per heavy atom. The van der Waals surface area contributed by atoms with Crippen LogP contribution in [-0.4, -0.2) is 26.8 Å². The molecule has 0 aliphatic heterocycles. The van der Waals surface area contributed by atoms with Gasteiger partial charge >= 0.3 is 5.97 Å². The number of aliphatic carboxylic acids is 1. The number of carbonyl (C=O) groups excluding carboxylic acids is 1. The summed E-state index contributed by atoms with van der Waals surface area (Å²) in [6, 6.07) is 14.6. The monoisotopic (exact) mass is 365 g/mol. The lowest BCUT2D eigenvalue weighted by Gasteiger charge is -2.19. The van der Waals surface area contributed by atoms with Crippen LogP contribution in [0.1, 0.15) is 32.3 Å². The van der Waals surface area contributed by atoms with Crippen molar-refractivity contribution in [3.8, 4) is 0 Å². The highest BCUT2D eigenvalue weighted by Gasteiger charge is 2.30. The predicted octanol–water partition coefficient (Wildman–Crippen LogP) is 3.82. The van der Waals surface area contributed by atoms with Crippen molar-refractivity contribution in [2.24, 2.45) is 0 Å². The van der Waals surface area contributed by atoms with Crippen LogP contribution in [-0.2, 0) is 21.5 Å². The minimum absolute atomic E-state index is 0.108. The summed E-state index contributed by atoms with van der Waals surface area (Å²) in [6.45, 7) is 3.11. The molecule has 2 N–H and O–H groups in total. The number of amides is 1. The summed E-state index contributed by atoms with van der Waals surface area (Å²) in [7, 11) is 0. The average Bonchev–Trinajstić information content (AvgIpc) is 3.10. The number of carboxylic acid groups (broad SMARTS) is 1. The van der Waals surface area contributed by atoms with E-state index in [0.717, 1.165) is 12.8 Å².